The molecule has 108 valence electrons. The Morgan fingerprint density at radius 1 is 1.45 bits per heavy atom. The third kappa shape index (κ3) is 3.15. The highest BCUT2D eigenvalue weighted by Gasteiger charge is 2.45. The molecule has 0 bridgehead atoms. The molecule has 20 heavy (non-hydrogen) atoms. The van der Waals surface area contributed by atoms with E-state index in [0.29, 0.717) is 13.1 Å². The summed E-state index contributed by atoms with van der Waals surface area (Å²) >= 11 is 0. The Bertz CT molecular complexity index is 494. The van der Waals surface area contributed by atoms with E-state index >= 15 is 0 Å². The Hall–Kier alpha value is -1.91. The van der Waals surface area contributed by atoms with Gasteiger partial charge >= 0.3 is 0 Å². The summed E-state index contributed by atoms with van der Waals surface area (Å²) in [6, 6.07) is 5.54. The van der Waals surface area contributed by atoms with E-state index in [1.54, 1.807) is 6.20 Å². The first-order valence-corrected chi connectivity index (χ1v) is 6.85. The average molecular weight is 275 g/mol. The SMILES string of the molecule is CC(C)(C)[C@H]1CNC(=O)[C@H]1C(=O)NCc1ccccn1. The van der Waals surface area contributed by atoms with Crippen molar-refractivity contribution in [1.82, 2.24) is 15.6 Å². The van der Waals surface area contributed by atoms with Gasteiger partial charge in [0.1, 0.15) is 5.92 Å². The van der Waals surface area contributed by atoms with Crippen LogP contribution in [0.4, 0.5) is 0 Å². The lowest BCUT2D eigenvalue weighted by molar-refractivity contribution is -0.135. The maximum absolute atomic E-state index is 12.3. The van der Waals surface area contributed by atoms with Crippen molar-refractivity contribution in [2.75, 3.05) is 6.54 Å². The fourth-order valence-electron chi connectivity index (χ4n) is 2.52. The Kier molecular flexibility index (Phi) is 4.06. The van der Waals surface area contributed by atoms with Crippen molar-refractivity contribution in [3.63, 3.8) is 0 Å². The lowest BCUT2D eigenvalue weighted by atomic mass is 9.74. The summed E-state index contributed by atoms with van der Waals surface area (Å²) in [4.78, 5) is 28.3. The molecule has 2 heterocycles. The van der Waals surface area contributed by atoms with Gasteiger partial charge in [0.05, 0.1) is 12.2 Å². The van der Waals surface area contributed by atoms with Crippen LogP contribution in [-0.2, 0) is 16.1 Å². The van der Waals surface area contributed by atoms with Gasteiger partial charge in [-0.05, 0) is 17.5 Å². The van der Waals surface area contributed by atoms with Crippen LogP contribution in [0.1, 0.15) is 26.5 Å². The summed E-state index contributed by atoms with van der Waals surface area (Å²) in [5, 5.41) is 5.60. The van der Waals surface area contributed by atoms with E-state index < -0.39 is 5.92 Å². The molecule has 2 atom stereocenters. The molecule has 5 heteroatoms. The minimum absolute atomic E-state index is 0.0127. The van der Waals surface area contributed by atoms with Gasteiger partial charge in [-0.3, -0.25) is 14.6 Å². The van der Waals surface area contributed by atoms with Gasteiger partial charge in [0.15, 0.2) is 0 Å². The van der Waals surface area contributed by atoms with Crippen molar-refractivity contribution in [1.29, 1.82) is 0 Å². The van der Waals surface area contributed by atoms with Gasteiger partial charge in [-0.2, -0.15) is 0 Å². The standard InChI is InChI=1S/C15H21N3O2/c1-15(2,3)11-9-18-14(20)12(11)13(19)17-8-10-6-4-5-7-16-10/h4-7,11-12H,8-9H2,1-3H3,(H,17,19)(H,18,20)/t11-,12+/m0/s1. The molecule has 1 aromatic heterocycles. The van der Waals surface area contributed by atoms with Crippen molar-refractivity contribution in [3.8, 4) is 0 Å². The summed E-state index contributed by atoms with van der Waals surface area (Å²) in [7, 11) is 0. The molecule has 1 aliphatic heterocycles. The summed E-state index contributed by atoms with van der Waals surface area (Å²) < 4.78 is 0. The molecule has 0 radical (unpaired) electrons. The van der Waals surface area contributed by atoms with Crippen LogP contribution in [0, 0.1) is 17.3 Å². The second kappa shape index (κ2) is 5.61. The second-order valence-corrected chi connectivity index (χ2v) is 6.23. The van der Waals surface area contributed by atoms with Crippen LogP contribution in [0.2, 0.25) is 0 Å². The molecule has 0 spiro atoms. The van der Waals surface area contributed by atoms with Gasteiger partial charge in [-0.25, -0.2) is 0 Å². The van der Waals surface area contributed by atoms with Crippen LogP contribution in [0.15, 0.2) is 24.4 Å². The van der Waals surface area contributed by atoms with Crippen LogP contribution in [0.25, 0.3) is 0 Å². The monoisotopic (exact) mass is 275 g/mol. The molecule has 5 nitrogen and oxygen atoms in total. The summed E-state index contributed by atoms with van der Waals surface area (Å²) in [5.41, 5.74) is 0.693. The maximum atomic E-state index is 12.3. The summed E-state index contributed by atoms with van der Waals surface area (Å²) in [5.74, 6) is -0.994. The quantitative estimate of drug-likeness (QED) is 0.812. The van der Waals surface area contributed by atoms with E-state index in [9.17, 15) is 9.59 Å². The molecule has 0 saturated carbocycles. The number of hydrogen-bond acceptors (Lipinski definition) is 3. The van der Waals surface area contributed by atoms with Crippen LogP contribution in [-0.4, -0.2) is 23.3 Å². The van der Waals surface area contributed by atoms with Crippen LogP contribution < -0.4 is 10.6 Å². The molecule has 2 N–H and O–H groups in total. The number of aromatic nitrogens is 1. The Morgan fingerprint density at radius 3 is 2.80 bits per heavy atom. The molecule has 0 unspecified atom stereocenters. The molecule has 1 aromatic rings. The molecule has 0 aliphatic carbocycles. The predicted octanol–water partition coefficient (Wildman–Crippen LogP) is 1.11. The maximum Gasteiger partial charge on any atom is 0.233 e. The van der Waals surface area contributed by atoms with Crippen molar-refractivity contribution >= 4 is 11.8 Å². The topological polar surface area (TPSA) is 71.1 Å². The van der Waals surface area contributed by atoms with Gasteiger partial charge in [0.2, 0.25) is 11.8 Å². The van der Waals surface area contributed by atoms with Crippen molar-refractivity contribution in [3.05, 3.63) is 30.1 Å². The molecular formula is C15H21N3O2. The first-order chi connectivity index (χ1) is 9.39. The lowest BCUT2D eigenvalue weighted by Gasteiger charge is -2.29. The molecule has 2 rings (SSSR count). The molecule has 1 saturated heterocycles. The van der Waals surface area contributed by atoms with Gasteiger partial charge in [-0.1, -0.05) is 26.8 Å². The second-order valence-electron chi connectivity index (χ2n) is 6.23. The highest BCUT2D eigenvalue weighted by atomic mass is 16.2. The third-order valence-corrected chi connectivity index (χ3v) is 3.75. The first kappa shape index (κ1) is 14.5. The number of nitrogens with zero attached hydrogens (tertiary/aromatic N) is 1. The highest BCUT2D eigenvalue weighted by Crippen LogP contribution is 2.35. The molecule has 0 aromatic carbocycles. The normalized spacial score (nSPS) is 22.4. The van der Waals surface area contributed by atoms with E-state index in [4.69, 9.17) is 0 Å². The number of pyridine rings is 1. The first-order valence-electron chi connectivity index (χ1n) is 6.85. The fraction of sp³-hybridized carbons (Fsp3) is 0.533. The number of carbonyl (C=O) groups is 2. The zero-order valence-corrected chi connectivity index (χ0v) is 12.1. The van der Waals surface area contributed by atoms with Gasteiger partial charge < -0.3 is 10.6 Å². The van der Waals surface area contributed by atoms with Crippen molar-refractivity contribution < 1.29 is 9.59 Å². The number of amides is 2. The Labute approximate surface area is 119 Å². The smallest absolute Gasteiger partial charge is 0.233 e. The number of rotatable bonds is 3. The number of hydrogen-bond donors (Lipinski definition) is 2. The lowest BCUT2D eigenvalue weighted by Crippen LogP contribution is -2.40. The minimum atomic E-state index is -0.612. The Balaban J connectivity index is 2.02. The fourth-order valence-corrected chi connectivity index (χ4v) is 2.52. The van der Waals surface area contributed by atoms with Crippen LogP contribution in [0.5, 0.6) is 0 Å². The molecular weight excluding hydrogens is 254 g/mol. The highest BCUT2D eigenvalue weighted by molar-refractivity contribution is 6.02. The molecule has 2 amide bonds. The van der Waals surface area contributed by atoms with Crippen molar-refractivity contribution in [2.24, 2.45) is 17.3 Å². The van der Waals surface area contributed by atoms with Gasteiger partial charge in [-0.15, -0.1) is 0 Å². The predicted molar refractivity (Wildman–Crippen MR) is 75.5 cm³/mol. The zero-order chi connectivity index (χ0) is 14.8. The molecule has 1 aliphatic rings. The summed E-state index contributed by atoms with van der Waals surface area (Å²) in [6.07, 6.45) is 1.68. The third-order valence-electron chi connectivity index (χ3n) is 3.75. The van der Waals surface area contributed by atoms with E-state index in [-0.39, 0.29) is 23.1 Å². The minimum Gasteiger partial charge on any atom is -0.355 e. The van der Waals surface area contributed by atoms with E-state index in [1.165, 1.54) is 0 Å². The number of carbonyl (C=O) groups excluding carboxylic acids is 2. The van der Waals surface area contributed by atoms with Crippen LogP contribution in [0.3, 0.4) is 0 Å². The van der Waals surface area contributed by atoms with E-state index in [2.05, 4.69) is 36.4 Å². The number of nitrogens with one attached hydrogen (secondary N) is 2. The van der Waals surface area contributed by atoms with Crippen molar-refractivity contribution in [2.45, 2.75) is 27.3 Å². The average Bonchev–Trinajstić information content (AvgIpc) is 2.79. The summed E-state index contributed by atoms with van der Waals surface area (Å²) in [6.45, 7) is 7.06. The largest absolute Gasteiger partial charge is 0.355 e. The zero-order valence-electron chi connectivity index (χ0n) is 12.1. The Morgan fingerprint density at radius 2 is 2.20 bits per heavy atom. The van der Waals surface area contributed by atoms with E-state index in [1.807, 2.05) is 18.2 Å². The van der Waals surface area contributed by atoms with Gasteiger partial charge in [0, 0.05) is 18.7 Å². The van der Waals surface area contributed by atoms with E-state index in [0.717, 1.165) is 5.69 Å². The van der Waals surface area contributed by atoms with Gasteiger partial charge in [0.25, 0.3) is 0 Å². The van der Waals surface area contributed by atoms with Crippen LogP contribution >= 0.6 is 0 Å². The molecule has 1 fully saturated rings.